The van der Waals surface area contributed by atoms with Crippen LogP contribution in [0.3, 0.4) is 0 Å². The highest BCUT2D eigenvalue weighted by Crippen LogP contribution is 2.29. The Kier molecular flexibility index (Phi) is 2.83. The fourth-order valence-electron chi connectivity index (χ4n) is 1.99. The van der Waals surface area contributed by atoms with E-state index < -0.39 is 0 Å². The van der Waals surface area contributed by atoms with Gasteiger partial charge in [0.1, 0.15) is 11.3 Å². The largest absolute Gasteiger partial charge is 0.493 e. The number of hydrogen-bond donors (Lipinski definition) is 0. The maximum absolute atomic E-state index is 5.84. The van der Waals surface area contributed by atoms with E-state index in [9.17, 15) is 0 Å². The molecular formula is C13H11ClN4O. The van der Waals surface area contributed by atoms with E-state index in [1.165, 1.54) is 0 Å². The van der Waals surface area contributed by atoms with E-state index in [4.69, 9.17) is 16.3 Å². The quantitative estimate of drug-likeness (QED) is 0.674. The number of methoxy groups -OCH3 is 1. The van der Waals surface area contributed by atoms with Crippen LogP contribution in [0.4, 0.5) is 0 Å². The molecule has 3 rings (SSSR count). The van der Waals surface area contributed by atoms with Gasteiger partial charge < -0.3 is 9.30 Å². The third-order valence-electron chi connectivity index (χ3n) is 2.93. The summed E-state index contributed by atoms with van der Waals surface area (Å²) in [6.07, 6.45) is 5.27. The molecule has 0 radical (unpaired) electrons. The van der Waals surface area contributed by atoms with Crippen LogP contribution < -0.4 is 4.74 Å². The Bertz CT molecular complexity index is 753. The molecule has 0 saturated carbocycles. The van der Waals surface area contributed by atoms with Gasteiger partial charge in [-0.1, -0.05) is 0 Å². The number of hydrogen-bond acceptors (Lipinski definition) is 4. The summed E-state index contributed by atoms with van der Waals surface area (Å²) in [4.78, 5) is 12.5. The van der Waals surface area contributed by atoms with Crippen molar-refractivity contribution in [1.82, 2.24) is 19.5 Å². The minimum absolute atomic E-state index is 0.184. The molecule has 0 atom stereocenters. The summed E-state index contributed by atoms with van der Waals surface area (Å²) in [5.74, 6) is 0.571. The van der Waals surface area contributed by atoms with Gasteiger partial charge in [0, 0.05) is 30.4 Å². The molecule has 0 saturated heterocycles. The number of pyridine rings is 1. The molecule has 3 aromatic rings. The van der Waals surface area contributed by atoms with Gasteiger partial charge in [0.25, 0.3) is 0 Å². The number of ether oxygens (including phenoxy) is 1. The molecule has 3 aromatic heterocycles. The van der Waals surface area contributed by atoms with Gasteiger partial charge in [0.2, 0.25) is 5.28 Å². The Morgan fingerprint density at radius 3 is 2.89 bits per heavy atom. The second kappa shape index (κ2) is 4.51. The van der Waals surface area contributed by atoms with Crippen molar-refractivity contribution in [1.29, 1.82) is 0 Å². The van der Waals surface area contributed by atoms with Crippen LogP contribution >= 0.6 is 11.6 Å². The van der Waals surface area contributed by atoms with Crippen molar-refractivity contribution in [3.8, 4) is 17.0 Å². The van der Waals surface area contributed by atoms with Crippen LogP contribution in [-0.4, -0.2) is 26.6 Å². The number of fused-ring (bicyclic) bond motifs is 1. The fraction of sp³-hybridized carbons (Fsp3) is 0.154. The fourth-order valence-corrected chi connectivity index (χ4v) is 2.12. The Hall–Kier alpha value is -2.14. The van der Waals surface area contributed by atoms with Gasteiger partial charge >= 0.3 is 0 Å². The van der Waals surface area contributed by atoms with Crippen LogP contribution in [0.15, 0.2) is 30.7 Å². The number of aromatic nitrogens is 4. The van der Waals surface area contributed by atoms with Crippen LogP contribution in [0.5, 0.6) is 5.75 Å². The standard InChI is InChI=1S/C13H11ClN4O/c1-18-4-3-8-5-9(6-15-12(8)18)11-10(19-2)7-16-13(14)17-11/h3-7H,1-2H3. The van der Waals surface area contributed by atoms with Crippen molar-refractivity contribution in [2.24, 2.45) is 7.05 Å². The highest BCUT2D eigenvalue weighted by Gasteiger charge is 2.11. The van der Waals surface area contributed by atoms with Crippen LogP contribution in [-0.2, 0) is 7.05 Å². The molecule has 19 heavy (non-hydrogen) atoms. The summed E-state index contributed by atoms with van der Waals surface area (Å²) in [7, 11) is 3.53. The second-order valence-corrected chi connectivity index (χ2v) is 4.46. The van der Waals surface area contributed by atoms with Crippen molar-refractivity contribution in [3.63, 3.8) is 0 Å². The maximum Gasteiger partial charge on any atom is 0.223 e. The van der Waals surface area contributed by atoms with Crippen LogP contribution in [0.1, 0.15) is 0 Å². The monoisotopic (exact) mass is 274 g/mol. The molecule has 0 amide bonds. The van der Waals surface area contributed by atoms with E-state index in [1.807, 2.05) is 29.9 Å². The molecule has 0 unspecified atom stereocenters. The Balaban J connectivity index is 2.21. The summed E-state index contributed by atoms with van der Waals surface area (Å²) in [6, 6.07) is 4.00. The van der Waals surface area contributed by atoms with Gasteiger partial charge in [0.05, 0.1) is 13.3 Å². The Morgan fingerprint density at radius 1 is 1.26 bits per heavy atom. The predicted octanol–water partition coefficient (Wildman–Crippen LogP) is 2.69. The third kappa shape index (κ3) is 2.02. The Morgan fingerprint density at radius 2 is 2.11 bits per heavy atom. The molecule has 0 fully saturated rings. The minimum Gasteiger partial charge on any atom is -0.493 e. The topological polar surface area (TPSA) is 52.8 Å². The lowest BCUT2D eigenvalue weighted by Crippen LogP contribution is -1.95. The molecule has 0 bridgehead atoms. The lowest BCUT2D eigenvalue weighted by Gasteiger charge is -2.07. The van der Waals surface area contributed by atoms with Crippen molar-refractivity contribution < 1.29 is 4.74 Å². The molecule has 0 aliphatic carbocycles. The van der Waals surface area contributed by atoms with E-state index in [-0.39, 0.29) is 5.28 Å². The van der Waals surface area contributed by atoms with E-state index in [0.29, 0.717) is 11.4 Å². The molecule has 5 nitrogen and oxygen atoms in total. The van der Waals surface area contributed by atoms with E-state index in [1.54, 1.807) is 19.5 Å². The van der Waals surface area contributed by atoms with E-state index in [0.717, 1.165) is 16.6 Å². The molecule has 3 heterocycles. The zero-order valence-electron chi connectivity index (χ0n) is 10.5. The summed E-state index contributed by atoms with van der Waals surface area (Å²) < 4.78 is 7.22. The van der Waals surface area contributed by atoms with Crippen molar-refractivity contribution in [2.75, 3.05) is 7.11 Å². The maximum atomic E-state index is 5.84. The third-order valence-corrected chi connectivity index (χ3v) is 3.11. The molecule has 0 aromatic carbocycles. The zero-order valence-corrected chi connectivity index (χ0v) is 11.2. The lowest BCUT2D eigenvalue weighted by atomic mass is 10.1. The molecule has 0 N–H and O–H groups in total. The second-order valence-electron chi connectivity index (χ2n) is 4.12. The first kappa shape index (κ1) is 11.9. The van der Waals surface area contributed by atoms with Gasteiger partial charge in [-0.2, -0.15) is 0 Å². The molecule has 6 heteroatoms. The van der Waals surface area contributed by atoms with Crippen molar-refractivity contribution >= 4 is 22.6 Å². The smallest absolute Gasteiger partial charge is 0.223 e. The normalized spacial score (nSPS) is 10.9. The summed E-state index contributed by atoms with van der Waals surface area (Å²) in [6.45, 7) is 0. The van der Waals surface area contributed by atoms with Gasteiger partial charge in [-0.15, -0.1) is 0 Å². The number of rotatable bonds is 2. The number of nitrogens with zero attached hydrogens (tertiary/aromatic N) is 4. The van der Waals surface area contributed by atoms with Crippen LogP contribution in [0, 0.1) is 0 Å². The average Bonchev–Trinajstić information content (AvgIpc) is 2.80. The number of aryl methyl sites for hydroxylation is 1. The summed E-state index contributed by atoms with van der Waals surface area (Å²) in [5, 5.41) is 1.22. The predicted molar refractivity (Wildman–Crippen MR) is 73.3 cm³/mol. The average molecular weight is 275 g/mol. The highest BCUT2D eigenvalue weighted by atomic mass is 35.5. The van der Waals surface area contributed by atoms with Gasteiger partial charge in [-0.05, 0) is 23.7 Å². The molecule has 0 aliphatic heterocycles. The van der Waals surface area contributed by atoms with Crippen LogP contribution in [0.2, 0.25) is 5.28 Å². The first-order valence-electron chi connectivity index (χ1n) is 5.67. The van der Waals surface area contributed by atoms with Crippen molar-refractivity contribution in [3.05, 3.63) is 36.0 Å². The van der Waals surface area contributed by atoms with E-state index in [2.05, 4.69) is 15.0 Å². The molecular weight excluding hydrogens is 264 g/mol. The first-order valence-corrected chi connectivity index (χ1v) is 6.05. The number of halogens is 1. The molecule has 0 aliphatic rings. The molecule has 0 spiro atoms. The van der Waals surface area contributed by atoms with Crippen LogP contribution in [0.25, 0.3) is 22.3 Å². The van der Waals surface area contributed by atoms with E-state index >= 15 is 0 Å². The molecule has 96 valence electrons. The van der Waals surface area contributed by atoms with Crippen molar-refractivity contribution in [2.45, 2.75) is 0 Å². The van der Waals surface area contributed by atoms with Gasteiger partial charge in [0.15, 0.2) is 5.75 Å². The van der Waals surface area contributed by atoms with Gasteiger partial charge in [-0.25, -0.2) is 15.0 Å². The highest BCUT2D eigenvalue weighted by molar-refractivity contribution is 6.28. The summed E-state index contributed by atoms with van der Waals surface area (Å²) in [5.41, 5.74) is 2.41. The minimum atomic E-state index is 0.184. The summed E-state index contributed by atoms with van der Waals surface area (Å²) >= 11 is 5.84. The Labute approximate surface area is 114 Å². The zero-order chi connectivity index (χ0) is 13.4. The van der Waals surface area contributed by atoms with Gasteiger partial charge in [-0.3, -0.25) is 0 Å². The SMILES string of the molecule is COc1cnc(Cl)nc1-c1cnc2c(ccn2C)c1. The first-order chi connectivity index (χ1) is 9.19. The lowest BCUT2D eigenvalue weighted by molar-refractivity contribution is 0.412.